The summed E-state index contributed by atoms with van der Waals surface area (Å²) < 4.78 is 7.14. The molecule has 1 fully saturated rings. The molecular formula is C17H28N2O2. The first kappa shape index (κ1) is 16.1. The third-order valence-corrected chi connectivity index (χ3v) is 4.15. The zero-order valence-electron chi connectivity index (χ0n) is 14.0. The van der Waals surface area contributed by atoms with Crippen molar-refractivity contribution in [3.63, 3.8) is 0 Å². The zero-order chi connectivity index (χ0) is 15.7. The van der Waals surface area contributed by atoms with Crippen LogP contribution >= 0.6 is 0 Å². The minimum Gasteiger partial charge on any atom is -0.492 e. The van der Waals surface area contributed by atoms with Crippen molar-refractivity contribution in [1.29, 1.82) is 0 Å². The molecule has 0 saturated heterocycles. The van der Waals surface area contributed by atoms with Gasteiger partial charge in [0.25, 0.3) is 5.56 Å². The molecular weight excluding hydrogens is 264 g/mol. The molecule has 1 aliphatic rings. The van der Waals surface area contributed by atoms with Gasteiger partial charge in [-0.25, -0.2) is 4.68 Å². The highest BCUT2D eigenvalue weighted by Crippen LogP contribution is 2.49. The lowest BCUT2D eigenvalue weighted by Crippen LogP contribution is -2.39. The fraction of sp³-hybridized carbons (Fsp3) is 0.765. The molecule has 21 heavy (non-hydrogen) atoms. The Kier molecular flexibility index (Phi) is 4.45. The normalized spacial score (nSPS) is 21.2. The molecule has 1 heterocycles. The summed E-state index contributed by atoms with van der Waals surface area (Å²) in [7, 11) is 0. The smallest absolute Gasteiger partial charge is 0.270 e. The van der Waals surface area contributed by atoms with E-state index in [2.05, 4.69) is 32.8 Å². The summed E-state index contributed by atoms with van der Waals surface area (Å²) in [5.41, 5.74) is 0.428. The second kappa shape index (κ2) is 5.82. The number of nitrogens with zero attached hydrogens (tertiary/aromatic N) is 2. The lowest BCUT2D eigenvalue weighted by atomic mass is 9.63. The summed E-state index contributed by atoms with van der Waals surface area (Å²) in [6.07, 6.45) is 5.78. The Hall–Kier alpha value is -1.32. The molecule has 0 aliphatic heterocycles. The van der Waals surface area contributed by atoms with Crippen LogP contribution in [0.2, 0.25) is 0 Å². The van der Waals surface area contributed by atoms with Crippen LogP contribution in [0.25, 0.3) is 0 Å². The van der Waals surface area contributed by atoms with E-state index < -0.39 is 0 Å². The maximum Gasteiger partial charge on any atom is 0.270 e. The summed E-state index contributed by atoms with van der Waals surface area (Å²) >= 11 is 0. The highest BCUT2D eigenvalue weighted by Gasteiger charge is 2.39. The number of hydrogen-bond donors (Lipinski definition) is 0. The van der Waals surface area contributed by atoms with E-state index in [-0.39, 0.29) is 22.4 Å². The summed E-state index contributed by atoms with van der Waals surface area (Å²) in [4.78, 5) is 12.3. The molecule has 1 aliphatic carbocycles. The molecule has 1 saturated carbocycles. The Morgan fingerprint density at radius 2 is 1.90 bits per heavy atom. The van der Waals surface area contributed by atoms with Crippen molar-refractivity contribution in [2.75, 3.05) is 6.61 Å². The molecule has 1 aromatic rings. The molecule has 4 nitrogen and oxygen atoms in total. The van der Waals surface area contributed by atoms with Crippen molar-refractivity contribution in [3.05, 3.63) is 22.6 Å². The first-order valence-corrected chi connectivity index (χ1v) is 7.94. The van der Waals surface area contributed by atoms with Gasteiger partial charge >= 0.3 is 0 Å². The van der Waals surface area contributed by atoms with Crippen molar-refractivity contribution >= 4 is 0 Å². The van der Waals surface area contributed by atoms with Crippen LogP contribution in [0.15, 0.2) is 17.1 Å². The molecule has 0 bridgehead atoms. The Morgan fingerprint density at radius 3 is 2.43 bits per heavy atom. The van der Waals surface area contributed by atoms with Gasteiger partial charge < -0.3 is 4.74 Å². The van der Waals surface area contributed by atoms with Crippen LogP contribution in [0.1, 0.15) is 66.3 Å². The molecule has 1 aromatic heterocycles. The summed E-state index contributed by atoms with van der Waals surface area (Å²) in [5, 5.41) is 4.37. The van der Waals surface area contributed by atoms with Gasteiger partial charge in [-0.2, -0.15) is 5.10 Å². The van der Waals surface area contributed by atoms with E-state index in [0.29, 0.717) is 12.4 Å². The predicted octanol–water partition coefficient (Wildman–Crippen LogP) is 3.81. The largest absolute Gasteiger partial charge is 0.492 e. The second-order valence-electron chi connectivity index (χ2n) is 7.89. The van der Waals surface area contributed by atoms with E-state index in [1.807, 2.05) is 6.92 Å². The standard InChI is InChI=1S/C17H28N2O2/c1-6-7-21-14-8-15(20)19(18-11-14)13-9-16(2,3)12-17(4,5)10-13/h8,11,13H,6-7,9-10,12H2,1-5H3. The maximum absolute atomic E-state index is 12.3. The summed E-state index contributed by atoms with van der Waals surface area (Å²) in [6.45, 7) is 11.8. The van der Waals surface area contributed by atoms with Crippen LogP contribution in [0.5, 0.6) is 5.75 Å². The number of hydrogen-bond acceptors (Lipinski definition) is 3. The van der Waals surface area contributed by atoms with Crippen molar-refractivity contribution in [2.24, 2.45) is 10.8 Å². The third-order valence-electron chi connectivity index (χ3n) is 4.15. The summed E-state index contributed by atoms with van der Waals surface area (Å²) in [6, 6.07) is 1.74. The van der Waals surface area contributed by atoms with E-state index >= 15 is 0 Å². The van der Waals surface area contributed by atoms with Crippen LogP contribution in [0.3, 0.4) is 0 Å². The van der Waals surface area contributed by atoms with Crippen LogP contribution < -0.4 is 10.3 Å². The second-order valence-corrected chi connectivity index (χ2v) is 7.89. The van der Waals surface area contributed by atoms with E-state index in [9.17, 15) is 4.79 Å². The fourth-order valence-corrected chi connectivity index (χ4v) is 3.93. The molecule has 0 spiro atoms. The van der Waals surface area contributed by atoms with Crippen molar-refractivity contribution in [1.82, 2.24) is 9.78 Å². The Morgan fingerprint density at radius 1 is 1.29 bits per heavy atom. The van der Waals surface area contributed by atoms with E-state index in [1.165, 1.54) is 6.42 Å². The minimum absolute atomic E-state index is 0.0536. The van der Waals surface area contributed by atoms with Crippen LogP contribution in [0, 0.1) is 10.8 Å². The van der Waals surface area contributed by atoms with Gasteiger partial charge in [0.15, 0.2) is 0 Å². The van der Waals surface area contributed by atoms with Crippen LogP contribution in [-0.4, -0.2) is 16.4 Å². The molecule has 0 aromatic carbocycles. The molecule has 118 valence electrons. The predicted molar refractivity (Wildman–Crippen MR) is 84.7 cm³/mol. The van der Waals surface area contributed by atoms with Gasteiger partial charge in [-0.05, 0) is 36.5 Å². The third kappa shape index (κ3) is 4.08. The molecule has 0 amide bonds. The van der Waals surface area contributed by atoms with Gasteiger partial charge in [-0.3, -0.25) is 4.79 Å². The molecule has 0 unspecified atom stereocenters. The number of rotatable bonds is 4. The first-order chi connectivity index (χ1) is 9.72. The average Bonchev–Trinajstić information content (AvgIpc) is 2.32. The van der Waals surface area contributed by atoms with Gasteiger partial charge in [0, 0.05) is 6.07 Å². The Bertz CT molecular complexity index is 530. The SMILES string of the molecule is CCCOc1cnn(C2CC(C)(C)CC(C)(C)C2)c(=O)c1. The Balaban J connectivity index is 2.23. The molecule has 2 rings (SSSR count). The van der Waals surface area contributed by atoms with E-state index in [1.54, 1.807) is 16.9 Å². The van der Waals surface area contributed by atoms with Gasteiger partial charge in [0.2, 0.25) is 0 Å². The highest BCUT2D eigenvalue weighted by molar-refractivity contribution is 5.14. The van der Waals surface area contributed by atoms with Crippen molar-refractivity contribution < 1.29 is 4.74 Å². The fourth-order valence-electron chi connectivity index (χ4n) is 3.93. The maximum atomic E-state index is 12.3. The van der Waals surface area contributed by atoms with E-state index in [4.69, 9.17) is 4.74 Å². The molecule has 0 radical (unpaired) electrons. The van der Waals surface area contributed by atoms with Crippen LogP contribution in [-0.2, 0) is 0 Å². The lowest BCUT2D eigenvalue weighted by molar-refractivity contribution is 0.0650. The minimum atomic E-state index is -0.0536. The molecule has 4 heteroatoms. The summed E-state index contributed by atoms with van der Waals surface area (Å²) in [5.74, 6) is 0.576. The molecule has 0 atom stereocenters. The molecule has 0 N–H and O–H groups in total. The zero-order valence-corrected chi connectivity index (χ0v) is 14.0. The van der Waals surface area contributed by atoms with Gasteiger partial charge in [0.1, 0.15) is 5.75 Å². The average molecular weight is 292 g/mol. The van der Waals surface area contributed by atoms with Crippen LogP contribution in [0.4, 0.5) is 0 Å². The quantitative estimate of drug-likeness (QED) is 0.847. The lowest BCUT2D eigenvalue weighted by Gasteiger charge is -2.44. The highest BCUT2D eigenvalue weighted by atomic mass is 16.5. The monoisotopic (exact) mass is 292 g/mol. The number of aromatic nitrogens is 2. The topological polar surface area (TPSA) is 44.1 Å². The first-order valence-electron chi connectivity index (χ1n) is 7.94. The van der Waals surface area contributed by atoms with Crippen molar-refractivity contribution in [3.8, 4) is 5.75 Å². The Labute approximate surface area is 127 Å². The van der Waals surface area contributed by atoms with E-state index in [0.717, 1.165) is 19.3 Å². The van der Waals surface area contributed by atoms with Crippen molar-refractivity contribution in [2.45, 2.75) is 66.3 Å². The van der Waals surface area contributed by atoms with Gasteiger partial charge in [-0.1, -0.05) is 34.6 Å². The van der Waals surface area contributed by atoms with Gasteiger partial charge in [0.05, 0.1) is 18.8 Å². The van der Waals surface area contributed by atoms with Gasteiger partial charge in [-0.15, -0.1) is 0 Å². The number of ether oxygens (including phenoxy) is 1.